The molecule has 0 aromatic carbocycles. The van der Waals surface area contributed by atoms with E-state index < -0.39 is 6.04 Å². The molecule has 2 heterocycles. The molecule has 2 aromatic heterocycles. The number of carbonyl (C=O) groups is 2. The number of thiophene rings is 1. The molecule has 0 bridgehead atoms. The molecule has 1 aliphatic rings. The number of hydrogen-bond acceptors (Lipinski definition) is 4. The first-order valence-corrected chi connectivity index (χ1v) is 8.72. The van der Waals surface area contributed by atoms with Crippen LogP contribution in [0.1, 0.15) is 48.3 Å². The van der Waals surface area contributed by atoms with E-state index in [-0.39, 0.29) is 11.8 Å². The van der Waals surface area contributed by atoms with Gasteiger partial charge in [-0.1, -0.05) is 18.9 Å². The molecule has 0 saturated heterocycles. The van der Waals surface area contributed by atoms with Gasteiger partial charge < -0.3 is 10.6 Å². The summed E-state index contributed by atoms with van der Waals surface area (Å²) in [5.74, 6) is 0.223. The molecule has 1 atom stereocenters. The van der Waals surface area contributed by atoms with E-state index in [0.29, 0.717) is 16.7 Å². The van der Waals surface area contributed by atoms with Gasteiger partial charge in [0, 0.05) is 6.07 Å². The molecule has 2 aromatic rings. The van der Waals surface area contributed by atoms with Gasteiger partial charge in [0.15, 0.2) is 0 Å². The normalized spacial score (nSPS) is 16.2. The number of amides is 2. The van der Waals surface area contributed by atoms with E-state index in [1.165, 1.54) is 24.2 Å². The zero-order valence-corrected chi connectivity index (χ0v) is 13.8. The van der Waals surface area contributed by atoms with Gasteiger partial charge in [0.25, 0.3) is 5.91 Å². The van der Waals surface area contributed by atoms with Gasteiger partial charge in [-0.3, -0.25) is 9.59 Å². The molecule has 23 heavy (non-hydrogen) atoms. The summed E-state index contributed by atoms with van der Waals surface area (Å²) in [7, 11) is 0. The maximum absolute atomic E-state index is 12.3. The van der Waals surface area contributed by atoms with E-state index in [9.17, 15) is 9.59 Å². The van der Waals surface area contributed by atoms with Crippen molar-refractivity contribution in [3.63, 3.8) is 0 Å². The lowest BCUT2D eigenvalue weighted by Gasteiger charge is -2.17. The van der Waals surface area contributed by atoms with Crippen LogP contribution in [0.5, 0.6) is 0 Å². The van der Waals surface area contributed by atoms with Crippen LogP contribution in [0.4, 0.5) is 5.82 Å². The fourth-order valence-electron chi connectivity index (χ4n) is 2.83. The van der Waals surface area contributed by atoms with Crippen LogP contribution in [-0.2, 0) is 4.79 Å². The Labute approximate surface area is 138 Å². The highest BCUT2D eigenvalue weighted by molar-refractivity contribution is 7.12. The van der Waals surface area contributed by atoms with Crippen molar-refractivity contribution < 1.29 is 9.59 Å². The third kappa shape index (κ3) is 3.61. The molecule has 0 spiro atoms. The Balaban J connectivity index is 1.60. The van der Waals surface area contributed by atoms with E-state index in [4.69, 9.17) is 0 Å². The highest BCUT2D eigenvalue weighted by Crippen LogP contribution is 2.31. The molecule has 3 rings (SSSR count). The predicted molar refractivity (Wildman–Crippen MR) is 89.6 cm³/mol. The van der Waals surface area contributed by atoms with Gasteiger partial charge in [0.2, 0.25) is 5.91 Å². The number of anilines is 1. The summed E-state index contributed by atoms with van der Waals surface area (Å²) in [6.07, 6.45) is 6.28. The summed E-state index contributed by atoms with van der Waals surface area (Å²) in [6, 6.07) is 5.08. The Morgan fingerprint density at radius 1 is 1.35 bits per heavy atom. The average Bonchev–Trinajstić information content (AvgIpc) is 3.28. The molecular weight excluding hydrogens is 312 g/mol. The zero-order valence-electron chi connectivity index (χ0n) is 13.0. The van der Waals surface area contributed by atoms with Gasteiger partial charge in [-0.05, 0) is 31.2 Å². The lowest BCUT2D eigenvalue weighted by atomic mass is 10.2. The van der Waals surface area contributed by atoms with Gasteiger partial charge in [0.1, 0.15) is 11.9 Å². The first-order chi connectivity index (χ1) is 11.1. The lowest BCUT2D eigenvalue weighted by Crippen LogP contribution is -2.41. The largest absolute Gasteiger partial charge is 0.340 e. The van der Waals surface area contributed by atoms with Crippen molar-refractivity contribution in [2.75, 3.05) is 5.32 Å². The summed E-state index contributed by atoms with van der Waals surface area (Å²) in [6.45, 7) is 1.68. The Hall–Kier alpha value is -2.15. The van der Waals surface area contributed by atoms with Crippen molar-refractivity contribution in [1.82, 2.24) is 15.1 Å². The second-order valence-corrected chi connectivity index (χ2v) is 6.71. The SMILES string of the molecule is CC(NC(=O)c1cccs1)C(=O)Nc1ccnn1C1CCCC1. The number of rotatable bonds is 5. The average molecular weight is 332 g/mol. The van der Waals surface area contributed by atoms with Crippen LogP contribution in [0, 0.1) is 0 Å². The molecule has 1 saturated carbocycles. The molecular formula is C16H20N4O2S. The second-order valence-electron chi connectivity index (χ2n) is 5.76. The second kappa shape index (κ2) is 6.95. The Morgan fingerprint density at radius 3 is 2.83 bits per heavy atom. The minimum absolute atomic E-state index is 0.230. The number of nitrogens with zero attached hydrogens (tertiary/aromatic N) is 2. The quantitative estimate of drug-likeness (QED) is 0.884. The van der Waals surface area contributed by atoms with Crippen LogP contribution in [0.25, 0.3) is 0 Å². The molecule has 7 heteroatoms. The van der Waals surface area contributed by atoms with E-state index in [2.05, 4.69) is 15.7 Å². The van der Waals surface area contributed by atoms with E-state index in [1.54, 1.807) is 25.3 Å². The molecule has 1 unspecified atom stereocenters. The fraction of sp³-hybridized carbons (Fsp3) is 0.438. The third-order valence-electron chi connectivity index (χ3n) is 4.08. The van der Waals surface area contributed by atoms with Crippen LogP contribution in [0.15, 0.2) is 29.8 Å². The van der Waals surface area contributed by atoms with Crippen molar-refractivity contribution in [1.29, 1.82) is 0 Å². The van der Waals surface area contributed by atoms with Gasteiger partial charge in [-0.15, -0.1) is 11.3 Å². The summed E-state index contributed by atoms with van der Waals surface area (Å²) >= 11 is 1.35. The van der Waals surface area contributed by atoms with Crippen molar-refractivity contribution in [3.05, 3.63) is 34.7 Å². The molecule has 0 radical (unpaired) electrons. The molecule has 6 nitrogen and oxygen atoms in total. The standard InChI is InChI=1S/C16H20N4O2S/c1-11(18-16(22)13-7-4-10-23-13)15(21)19-14-8-9-17-20(14)12-5-2-3-6-12/h4,7-12H,2-3,5-6H2,1H3,(H,18,22)(H,19,21). The van der Waals surface area contributed by atoms with Crippen molar-refractivity contribution in [2.45, 2.75) is 44.7 Å². The summed E-state index contributed by atoms with van der Waals surface area (Å²) < 4.78 is 1.89. The van der Waals surface area contributed by atoms with E-state index >= 15 is 0 Å². The van der Waals surface area contributed by atoms with Crippen LogP contribution in [-0.4, -0.2) is 27.6 Å². The molecule has 0 aliphatic heterocycles. The highest BCUT2D eigenvalue weighted by Gasteiger charge is 2.22. The molecule has 2 N–H and O–H groups in total. The van der Waals surface area contributed by atoms with Crippen LogP contribution < -0.4 is 10.6 Å². The number of aromatic nitrogens is 2. The van der Waals surface area contributed by atoms with Crippen molar-refractivity contribution >= 4 is 29.0 Å². The maximum atomic E-state index is 12.3. The number of hydrogen-bond donors (Lipinski definition) is 2. The van der Waals surface area contributed by atoms with Gasteiger partial charge >= 0.3 is 0 Å². The van der Waals surface area contributed by atoms with Gasteiger partial charge in [-0.25, -0.2) is 4.68 Å². The fourth-order valence-corrected chi connectivity index (χ4v) is 3.46. The Kier molecular flexibility index (Phi) is 4.76. The number of carbonyl (C=O) groups excluding carboxylic acids is 2. The van der Waals surface area contributed by atoms with Gasteiger partial charge in [-0.2, -0.15) is 5.10 Å². The monoisotopic (exact) mass is 332 g/mol. The van der Waals surface area contributed by atoms with Gasteiger partial charge in [0.05, 0.1) is 17.1 Å². The minimum atomic E-state index is -0.614. The van der Waals surface area contributed by atoms with E-state index in [1.807, 2.05) is 16.1 Å². The first-order valence-electron chi connectivity index (χ1n) is 7.84. The van der Waals surface area contributed by atoms with Crippen LogP contribution in [0.3, 0.4) is 0 Å². The van der Waals surface area contributed by atoms with Crippen LogP contribution >= 0.6 is 11.3 Å². The molecule has 122 valence electrons. The van der Waals surface area contributed by atoms with Crippen molar-refractivity contribution in [2.24, 2.45) is 0 Å². The lowest BCUT2D eigenvalue weighted by molar-refractivity contribution is -0.117. The Morgan fingerprint density at radius 2 is 2.13 bits per heavy atom. The van der Waals surface area contributed by atoms with Crippen LogP contribution in [0.2, 0.25) is 0 Å². The third-order valence-corrected chi connectivity index (χ3v) is 4.95. The molecule has 1 fully saturated rings. The zero-order chi connectivity index (χ0) is 16.2. The topological polar surface area (TPSA) is 76.0 Å². The van der Waals surface area contributed by atoms with Crippen molar-refractivity contribution in [3.8, 4) is 0 Å². The molecule has 1 aliphatic carbocycles. The maximum Gasteiger partial charge on any atom is 0.261 e. The predicted octanol–water partition coefficient (Wildman–Crippen LogP) is 2.82. The smallest absolute Gasteiger partial charge is 0.261 e. The first kappa shape index (κ1) is 15.7. The summed E-state index contributed by atoms with van der Waals surface area (Å²) in [5.41, 5.74) is 0. The molecule has 2 amide bonds. The Bertz CT molecular complexity index is 674. The van der Waals surface area contributed by atoms with E-state index in [0.717, 1.165) is 12.8 Å². The summed E-state index contributed by atoms with van der Waals surface area (Å²) in [5, 5.41) is 11.7. The summed E-state index contributed by atoms with van der Waals surface area (Å²) in [4.78, 5) is 24.9. The minimum Gasteiger partial charge on any atom is -0.340 e. The number of nitrogens with one attached hydrogen (secondary N) is 2. The highest BCUT2D eigenvalue weighted by atomic mass is 32.1.